The molecule has 1 aliphatic rings. The van der Waals surface area contributed by atoms with Gasteiger partial charge in [0, 0.05) is 12.4 Å². The highest BCUT2D eigenvalue weighted by atomic mass is 32.2. The number of anilines is 1. The largest absolute Gasteiger partial charge is 0.492 e. The minimum Gasteiger partial charge on any atom is -0.492 e. The summed E-state index contributed by atoms with van der Waals surface area (Å²) in [5.41, 5.74) is 1.59. The number of hydrogen-bond donors (Lipinski definition) is 0. The second kappa shape index (κ2) is 6.93. The molecule has 6 heteroatoms. The number of amides is 1. The Kier molecular flexibility index (Phi) is 4.73. The van der Waals surface area contributed by atoms with Gasteiger partial charge in [-0.05, 0) is 42.8 Å². The number of para-hydroxylation sites is 2. The predicted molar refractivity (Wildman–Crippen MR) is 97.5 cm³/mol. The summed E-state index contributed by atoms with van der Waals surface area (Å²) >= 11 is 6.69. The molecule has 1 aromatic heterocycles. The van der Waals surface area contributed by atoms with Crippen molar-refractivity contribution in [3.63, 3.8) is 0 Å². The van der Waals surface area contributed by atoms with Gasteiger partial charge < -0.3 is 4.74 Å². The number of pyridine rings is 1. The van der Waals surface area contributed by atoms with E-state index >= 15 is 0 Å². The Hall–Kier alpha value is -2.18. The number of aromatic nitrogens is 1. The van der Waals surface area contributed by atoms with Crippen LogP contribution < -0.4 is 9.64 Å². The molecule has 23 heavy (non-hydrogen) atoms. The van der Waals surface area contributed by atoms with Gasteiger partial charge in [-0.25, -0.2) is 0 Å². The first kappa shape index (κ1) is 15.7. The smallest absolute Gasteiger partial charge is 0.270 e. The second-order valence-corrected chi connectivity index (χ2v) is 6.37. The van der Waals surface area contributed by atoms with Crippen molar-refractivity contribution in [1.29, 1.82) is 0 Å². The molecule has 1 amide bonds. The molecule has 1 fully saturated rings. The fourth-order valence-corrected chi connectivity index (χ4v) is 3.49. The summed E-state index contributed by atoms with van der Waals surface area (Å²) in [6.07, 6.45) is 5.21. The number of thioether (sulfide) groups is 1. The van der Waals surface area contributed by atoms with Gasteiger partial charge in [0.2, 0.25) is 0 Å². The highest BCUT2D eigenvalue weighted by molar-refractivity contribution is 8.27. The molecule has 0 unspecified atom stereocenters. The van der Waals surface area contributed by atoms with Gasteiger partial charge in [-0.1, -0.05) is 36.1 Å². The molecule has 4 nitrogen and oxygen atoms in total. The van der Waals surface area contributed by atoms with Crippen LogP contribution in [0.1, 0.15) is 12.5 Å². The van der Waals surface area contributed by atoms with E-state index in [4.69, 9.17) is 17.0 Å². The number of rotatable bonds is 4. The lowest BCUT2D eigenvalue weighted by Gasteiger charge is -2.18. The van der Waals surface area contributed by atoms with Crippen LogP contribution in [0.4, 0.5) is 5.69 Å². The Balaban J connectivity index is 1.95. The van der Waals surface area contributed by atoms with E-state index in [0.29, 0.717) is 27.3 Å². The maximum atomic E-state index is 12.8. The van der Waals surface area contributed by atoms with Gasteiger partial charge in [0.25, 0.3) is 5.91 Å². The molecule has 2 aromatic rings. The third kappa shape index (κ3) is 3.28. The van der Waals surface area contributed by atoms with Gasteiger partial charge in [0.1, 0.15) is 5.75 Å². The van der Waals surface area contributed by atoms with Crippen LogP contribution in [0.25, 0.3) is 6.08 Å². The summed E-state index contributed by atoms with van der Waals surface area (Å²) < 4.78 is 6.11. The van der Waals surface area contributed by atoms with Crippen molar-refractivity contribution in [2.24, 2.45) is 0 Å². The Labute approximate surface area is 144 Å². The summed E-state index contributed by atoms with van der Waals surface area (Å²) in [6, 6.07) is 11.1. The van der Waals surface area contributed by atoms with Crippen LogP contribution in [0.2, 0.25) is 0 Å². The van der Waals surface area contributed by atoms with Crippen molar-refractivity contribution in [3.05, 3.63) is 59.3 Å². The lowest BCUT2D eigenvalue weighted by atomic mass is 10.2. The number of carbonyl (C=O) groups excluding carboxylic acids is 1. The van der Waals surface area contributed by atoms with Gasteiger partial charge in [0.15, 0.2) is 4.32 Å². The van der Waals surface area contributed by atoms with Crippen LogP contribution in [-0.4, -0.2) is 21.8 Å². The minimum atomic E-state index is -0.135. The zero-order chi connectivity index (χ0) is 16.2. The molecule has 0 radical (unpaired) electrons. The molecule has 3 rings (SSSR count). The van der Waals surface area contributed by atoms with E-state index in [0.717, 1.165) is 5.56 Å². The van der Waals surface area contributed by atoms with E-state index in [-0.39, 0.29) is 5.91 Å². The number of nitrogens with zero attached hydrogens (tertiary/aromatic N) is 2. The predicted octanol–water partition coefficient (Wildman–Crippen LogP) is 3.89. The maximum Gasteiger partial charge on any atom is 0.270 e. The highest BCUT2D eigenvalue weighted by Gasteiger charge is 2.34. The molecule has 116 valence electrons. The van der Waals surface area contributed by atoms with Gasteiger partial charge in [-0.15, -0.1) is 0 Å². The lowest BCUT2D eigenvalue weighted by molar-refractivity contribution is -0.113. The summed E-state index contributed by atoms with van der Waals surface area (Å²) in [4.78, 5) is 18.8. The first-order chi connectivity index (χ1) is 11.2. The molecule has 0 atom stereocenters. The topological polar surface area (TPSA) is 42.4 Å². The Morgan fingerprint density at radius 1 is 1.26 bits per heavy atom. The standard InChI is InChI=1S/C17H14N2O2S2/c1-2-21-14-6-4-3-5-13(14)19-16(20)15(23-17(19)22)11-12-7-9-18-10-8-12/h3-11H,2H2,1H3. The number of ether oxygens (including phenoxy) is 1. The lowest BCUT2D eigenvalue weighted by Crippen LogP contribution is -2.28. The van der Waals surface area contributed by atoms with Crippen molar-refractivity contribution in [2.75, 3.05) is 11.5 Å². The van der Waals surface area contributed by atoms with Crippen LogP contribution in [0.15, 0.2) is 53.7 Å². The Morgan fingerprint density at radius 2 is 2.00 bits per heavy atom. The quantitative estimate of drug-likeness (QED) is 0.623. The van der Waals surface area contributed by atoms with Crippen LogP contribution in [-0.2, 0) is 4.79 Å². The third-order valence-electron chi connectivity index (χ3n) is 3.20. The van der Waals surface area contributed by atoms with Crippen LogP contribution in [0, 0.1) is 0 Å². The summed E-state index contributed by atoms with van der Waals surface area (Å²) in [5.74, 6) is 0.514. The van der Waals surface area contributed by atoms with Gasteiger partial charge in [-0.2, -0.15) is 0 Å². The van der Waals surface area contributed by atoms with Crippen LogP contribution in [0.5, 0.6) is 5.75 Å². The molecule has 0 saturated carbocycles. The third-order valence-corrected chi connectivity index (χ3v) is 4.51. The van der Waals surface area contributed by atoms with E-state index < -0.39 is 0 Å². The summed E-state index contributed by atoms with van der Waals surface area (Å²) in [6.45, 7) is 2.43. The molecular formula is C17H14N2O2S2. The molecular weight excluding hydrogens is 328 g/mol. The van der Waals surface area contributed by atoms with Crippen molar-refractivity contribution < 1.29 is 9.53 Å². The maximum absolute atomic E-state index is 12.8. The minimum absolute atomic E-state index is 0.135. The SMILES string of the molecule is CCOc1ccccc1N1C(=O)C(=Cc2ccncc2)SC1=S. The first-order valence-corrected chi connectivity index (χ1v) is 8.33. The first-order valence-electron chi connectivity index (χ1n) is 7.10. The monoisotopic (exact) mass is 342 g/mol. The summed E-state index contributed by atoms with van der Waals surface area (Å²) in [5, 5.41) is 0. The normalized spacial score (nSPS) is 16.2. The number of carbonyl (C=O) groups is 1. The highest BCUT2D eigenvalue weighted by Crippen LogP contribution is 2.39. The Morgan fingerprint density at radius 3 is 2.74 bits per heavy atom. The number of benzene rings is 1. The fraction of sp³-hybridized carbons (Fsp3) is 0.118. The van der Waals surface area contributed by atoms with E-state index in [1.54, 1.807) is 12.4 Å². The molecule has 1 aromatic carbocycles. The molecule has 0 bridgehead atoms. The van der Waals surface area contributed by atoms with E-state index in [1.165, 1.54) is 16.7 Å². The van der Waals surface area contributed by atoms with E-state index in [9.17, 15) is 4.79 Å². The fourth-order valence-electron chi connectivity index (χ4n) is 2.21. The van der Waals surface area contributed by atoms with Crippen molar-refractivity contribution in [1.82, 2.24) is 4.98 Å². The zero-order valence-corrected chi connectivity index (χ0v) is 14.1. The molecule has 0 spiro atoms. The molecule has 0 aliphatic carbocycles. The van der Waals surface area contributed by atoms with Gasteiger partial charge in [0.05, 0.1) is 17.2 Å². The van der Waals surface area contributed by atoms with Crippen LogP contribution >= 0.6 is 24.0 Å². The zero-order valence-electron chi connectivity index (χ0n) is 12.4. The van der Waals surface area contributed by atoms with Crippen LogP contribution in [0.3, 0.4) is 0 Å². The average molecular weight is 342 g/mol. The summed E-state index contributed by atoms with van der Waals surface area (Å²) in [7, 11) is 0. The molecule has 0 N–H and O–H groups in total. The molecule has 1 aliphatic heterocycles. The Bertz CT molecular complexity index is 775. The second-order valence-electron chi connectivity index (χ2n) is 4.70. The van der Waals surface area contributed by atoms with E-state index in [2.05, 4.69) is 4.98 Å². The number of thiocarbonyl (C=S) groups is 1. The van der Waals surface area contributed by atoms with Crippen molar-refractivity contribution >= 4 is 46.0 Å². The number of hydrogen-bond acceptors (Lipinski definition) is 5. The average Bonchev–Trinajstić information content (AvgIpc) is 2.83. The van der Waals surface area contributed by atoms with Gasteiger partial charge in [-0.3, -0.25) is 14.7 Å². The molecule has 1 saturated heterocycles. The van der Waals surface area contributed by atoms with Crippen molar-refractivity contribution in [2.45, 2.75) is 6.92 Å². The van der Waals surface area contributed by atoms with E-state index in [1.807, 2.05) is 49.4 Å². The van der Waals surface area contributed by atoms with Crippen molar-refractivity contribution in [3.8, 4) is 5.75 Å². The molecule has 2 heterocycles. The van der Waals surface area contributed by atoms with Gasteiger partial charge >= 0.3 is 0 Å².